The van der Waals surface area contributed by atoms with E-state index in [4.69, 9.17) is 4.84 Å². The number of anilines is 1. The van der Waals surface area contributed by atoms with Crippen molar-refractivity contribution in [2.45, 2.75) is 141 Å². The minimum Gasteiger partial charge on any atom is -0.356 e. The first kappa shape index (κ1) is 55.8. The highest BCUT2D eigenvalue weighted by molar-refractivity contribution is 6.01. The van der Waals surface area contributed by atoms with Gasteiger partial charge in [-0.2, -0.15) is 13.2 Å². The van der Waals surface area contributed by atoms with Crippen LogP contribution in [0.3, 0.4) is 0 Å². The number of imide groups is 1. The lowest BCUT2D eigenvalue weighted by Crippen LogP contribution is -2.46. The molecule has 368 valence electrons. The lowest BCUT2D eigenvalue weighted by molar-refractivity contribution is -0.197. The number of unbranched alkanes of at least 4 members (excludes halogenated alkanes) is 7. The van der Waals surface area contributed by atoms with Crippen LogP contribution in [-0.2, 0) is 48.0 Å². The summed E-state index contributed by atoms with van der Waals surface area (Å²) < 4.78 is 36.8. The maximum atomic E-state index is 12.6. The van der Waals surface area contributed by atoms with E-state index in [0.29, 0.717) is 121 Å². The molecule has 1 fully saturated rings. The predicted octanol–water partition coefficient (Wildman–Crippen LogP) is 2.03. The van der Waals surface area contributed by atoms with Gasteiger partial charge in [0.05, 0.1) is 5.56 Å². The second kappa shape index (κ2) is 31.5. The number of hydrazine groups is 1. The summed E-state index contributed by atoms with van der Waals surface area (Å²) in [6.07, 6.45) is 3.61. The molecule has 1 aliphatic heterocycles. The summed E-state index contributed by atoms with van der Waals surface area (Å²) >= 11 is 0. The molecule has 0 unspecified atom stereocenters. The summed E-state index contributed by atoms with van der Waals surface area (Å²) in [5.41, 5.74) is 3.64. The fourth-order valence-corrected chi connectivity index (χ4v) is 6.13. The molecule has 1 aliphatic rings. The van der Waals surface area contributed by atoms with Crippen molar-refractivity contribution in [1.29, 1.82) is 0 Å². The van der Waals surface area contributed by atoms with E-state index in [9.17, 15) is 61.1 Å². The van der Waals surface area contributed by atoms with Crippen LogP contribution in [0, 0.1) is 0 Å². The number of pyridine rings is 1. The van der Waals surface area contributed by atoms with Crippen LogP contribution in [0.1, 0.15) is 139 Å². The third kappa shape index (κ3) is 24.6. The number of nitrogens with zero attached hydrogens (tertiary/aromatic N) is 2. The Balaban J connectivity index is 1.45. The molecule has 0 spiro atoms. The lowest BCUT2D eigenvalue weighted by atomic mass is 10.1. The monoisotopic (exact) mass is 940 g/mol. The number of aromatic nitrogens is 1. The van der Waals surface area contributed by atoms with Gasteiger partial charge in [0.25, 0.3) is 17.7 Å². The van der Waals surface area contributed by atoms with Crippen molar-refractivity contribution in [2.75, 3.05) is 38.1 Å². The smallest absolute Gasteiger partial charge is 0.356 e. The van der Waals surface area contributed by atoms with Crippen molar-refractivity contribution >= 4 is 65.0 Å². The fourth-order valence-electron chi connectivity index (χ4n) is 6.13. The normalized spacial score (nSPS) is 12.7. The molecule has 1 aromatic heterocycles. The molecule has 1 saturated heterocycles. The zero-order valence-corrected chi connectivity index (χ0v) is 37.3. The van der Waals surface area contributed by atoms with Gasteiger partial charge < -0.3 is 36.7 Å². The quantitative estimate of drug-likeness (QED) is 0.0285. The third-order valence-corrected chi connectivity index (χ3v) is 9.76. The molecule has 8 N–H and O–H groups in total. The number of halogens is 3. The Morgan fingerprint density at radius 3 is 1.70 bits per heavy atom. The van der Waals surface area contributed by atoms with E-state index in [1.54, 1.807) is 6.92 Å². The van der Waals surface area contributed by atoms with Gasteiger partial charge in [-0.25, -0.2) is 9.78 Å². The van der Waals surface area contributed by atoms with Crippen LogP contribution in [-0.4, -0.2) is 114 Å². The molecule has 1 aromatic rings. The molecule has 2 heterocycles. The molecule has 2 rings (SSSR count). The number of likely N-dealkylation sites (N-methyl/N-ethyl adjacent to an activating group) is 1. The van der Waals surface area contributed by atoms with Gasteiger partial charge >= 0.3 is 18.1 Å². The molecule has 1 atom stereocenters. The lowest BCUT2D eigenvalue weighted by Gasteiger charge is -2.18. The molecule has 21 nitrogen and oxygen atoms in total. The van der Waals surface area contributed by atoms with E-state index in [1.807, 2.05) is 5.43 Å². The highest BCUT2D eigenvalue weighted by Gasteiger charge is 2.38. The Hall–Kier alpha value is -6.36. The number of amides is 9. The number of hydrogen-bond acceptors (Lipinski definition) is 13. The van der Waals surface area contributed by atoms with Crippen LogP contribution in [0.2, 0.25) is 0 Å². The van der Waals surface area contributed by atoms with Gasteiger partial charge in [-0.15, -0.1) is 5.06 Å². The maximum absolute atomic E-state index is 12.6. The molecule has 0 radical (unpaired) electrons. The van der Waals surface area contributed by atoms with Gasteiger partial charge in [0, 0.05) is 83.9 Å². The first-order chi connectivity index (χ1) is 31.5. The Bertz CT molecular complexity index is 1770. The van der Waals surface area contributed by atoms with Crippen molar-refractivity contribution in [3.63, 3.8) is 0 Å². The molecular formula is C42H63F3N10O11. The summed E-state index contributed by atoms with van der Waals surface area (Å²) in [5, 5.41) is 17.0. The van der Waals surface area contributed by atoms with Crippen LogP contribution < -0.4 is 42.8 Å². The molecule has 0 saturated carbocycles. The van der Waals surface area contributed by atoms with E-state index in [1.165, 1.54) is 17.6 Å². The average molecular weight is 941 g/mol. The number of alkyl halides is 3. The van der Waals surface area contributed by atoms with Gasteiger partial charge in [0.2, 0.25) is 29.5 Å². The van der Waals surface area contributed by atoms with Gasteiger partial charge in [0.1, 0.15) is 11.9 Å². The first-order valence-electron chi connectivity index (χ1n) is 22.3. The summed E-state index contributed by atoms with van der Waals surface area (Å²) in [6, 6.07) is 1.77. The standard InChI is InChI=1S/C42H63F3N10O11/c1-2-46-40(64)30(52-35(59)21-20-34(58)49-25-11-5-8-17-38(62)66-55-36(60)22-23-37(55)61)14-9-13-26-48-33(57)15-6-3-10-24-47-32(56)16-7-4-12-27-50-39(63)29-18-19-31(51-28-29)53-54-41(65)42(43,44)45/h18-19,28,30H,2-17,20-27H2,1H3,(H,46,64)(H,47,56)(H,48,57)(H,49,58)(H,50,63)(H,51,53)(H,52,59)(H,54,65)/t30-/m0/s1. The van der Waals surface area contributed by atoms with E-state index in [0.717, 1.165) is 12.6 Å². The Labute approximate surface area is 380 Å². The second-order valence-corrected chi connectivity index (χ2v) is 15.3. The summed E-state index contributed by atoms with van der Waals surface area (Å²) in [5.74, 6) is -5.83. The minimum absolute atomic E-state index is 0.0126. The summed E-state index contributed by atoms with van der Waals surface area (Å²) in [4.78, 5) is 128. The topological polar surface area (TPSA) is 292 Å². The maximum Gasteiger partial charge on any atom is 0.472 e. The number of hydroxylamine groups is 2. The molecule has 24 heteroatoms. The van der Waals surface area contributed by atoms with E-state index >= 15 is 0 Å². The second-order valence-electron chi connectivity index (χ2n) is 15.3. The zero-order chi connectivity index (χ0) is 48.7. The van der Waals surface area contributed by atoms with Gasteiger partial charge in [-0.3, -0.25) is 54.0 Å². The van der Waals surface area contributed by atoms with Crippen LogP contribution in [0.15, 0.2) is 18.3 Å². The number of hydrogen-bond donors (Lipinski definition) is 8. The highest BCUT2D eigenvalue weighted by atomic mass is 19.4. The molecule has 66 heavy (non-hydrogen) atoms. The SMILES string of the molecule is CCNC(=O)[C@H](CCCCNC(=O)CCCCCNC(=O)CCCCCNC(=O)c1ccc(NNC(=O)C(F)(F)F)nc1)NC(=O)CCC(=O)NCCCCCC(=O)ON1C(=O)CCC1=O. The summed E-state index contributed by atoms with van der Waals surface area (Å²) in [6.45, 7) is 3.67. The highest BCUT2D eigenvalue weighted by Crippen LogP contribution is 2.15. The Kier molecular flexibility index (Phi) is 26.6. The molecule has 9 amide bonds. The number of nitrogens with one attached hydrogen (secondary N) is 8. The number of carbonyl (C=O) groups excluding carboxylic acids is 10. The van der Waals surface area contributed by atoms with Crippen molar-refractivity contribution in [3.05, 3.63) is 23.9 Å². The van der Waals surface area contributed by atoms with Crippen LogP contribution in [0.5, 0.6) is 0 Å². The molecule has 0 bridgehead atoms. The molecule has 0 aromatic carbocycles. The van der Waals surface area contributed by atoms with Gasteiger partial charge in [-0.1, -0.05) is 19.3 Å². The van der Waals surface area contributed by atoms with Gasteiger partial charge in [0.15, 0.2) is 0 Å². The van der Waals surface area contributed by atoms with E-state index in [-0.39, 0.29) is 67.1 Å². The summed E-state index contributed by atoms with van der Waals surface area (Å²) in [7, 11) is 0. The van der Waals surface area contributed by atoms with E-state index in [2.05, 4.69) is 36.9 Å². The average Bonchev–Trinajstić information content (AvgIpc) is 3.59. The molecule has 0 aliphatic carbocycles. The Morgan fingerprint density at radius 2 is 1.17 bits per heavy atom. The first-order valence-corrected chi connectivity index (χ1v) is 22.3. The largest absolute Gasteiger partial charge is 0.472 e. The Morgan fingerprint density at radius 1 is 0.652 bits per heavy atom. The number of carbonyl (C=O) groups is 10. The van der Waals surface area contributed by atoms with Gasteiger partial charge in [-0.05, 0) is 76.8 Å². The zero-order valence-electron chi connectivity index (χ0n) is 37.3. The van der Waals surface area contributed by atoms with Crippen LogP contribution in [0.25, 0.3) is 0 Å². The number of rotatable bonds is 33. The van der Waals surface area contributed by atoms with E-state index < -0.39 is 47.7 Å². The minimum atomic E-state index is -5.06. The fraction of sp³-hybridized carbons (Fsp3) is 0.643. The van der Waals surface area contributed by atoms with Crippen molar-refractivity contribution in [2.24, 2.45) is 0 Å². The van der Waals surface area contributed by atoms with Crippen molar-refractivity contribution in [3.8, 4) is 0 Å². The van der Waals surface area contributed by atoms with Crippen LogP contribution in [0.4, 0.5) is 19.0 Å². The van der Waals surface area contributed by atoms with Crippen LogP contribution >= 0.6 is 0 Å². The van der Waals surface area contributed by atoms with Crippen molar-refractivity contribution in [1.82, 2.24) is 47.4 Å². The third-order valence-electron chi connectivity index (χ3n) is 9.76. The van der Waals surface area contributed by atoms with Crippen molar-refractivity contribution < 1.29 is 66.0 Å². The predicted molar refractivity (Wildman–Crippen MR) is 230 cm³/mol. The molecular weight excluding hydrogens is 878 g/mol.